The van der Waals surface area contributed by atoms with E-state index < -0.39 is 0 Å². The standard InChI is InChI=1S/C12H10O2/c1-8(13)10-7-6-9-4-2-3-5-11(9)12(10)14/h2-5,7H,6H2,1H3. The van der Waals surface area contributed by atoms with Gasteiger partial charge in [-0.05, 0) is 18.9 Å². The highest BCUT2D eigenvalue weighted by molar-refractivity contribution is 6.26. The van der Waals surface area contributed by atoms with Gasteiger partial charge in [0.1, 0.15) is 0 Å². The lowest BCUT2D eigenvalue weighted by Gasteiger charge is -2.13. The van der Waals surface area contributed by atoms with Gasteiger partial charge in [0.25, 0.3) is 0 Å². The normalized spacial score (nSPS) is 14.6. The molecule has 0 amide bonds. The average Bonchev–Trinajstić information content (AvgIpc) is 2.18. The van der Waals surface area contributed by atoms with Crippen molar-refractivity contribution in [2.75, 3.05) is 0 Å². The van der Waals surface area contributed by atoms with E-state index >= 15 is 0 Å². The molecule has 0 bridgehead atoms. The molecule has 0 N–H and O–H groups in total. The molecule has 0 saturated carbocycles. The van der Waals surface area contributed by atoms with Crippen LogP contribution in [0.2, 0.25) is 0 Å². The van der Waals surface area contributed by atoms with Gasteiger partial charge in [0, 0.05) is 5.56 Å². The van der Waals surface area contributed by atoms with Crippen LogP contribution in [0.15, 0.2) is 35.9 Å². The van der Waals surface area contributed by atoms with Gasteiger partial charge in [0.05, 0.1) is 5.57 Å². The van der Waals surface area contributed by atoms with Crippen LogP contribution in [0.1, 0.15) is 22.8 Å². The molecule has 0 aromatic heterocycles. The van der Waals surface area contributed by atoms with Crippen LogP contribution >= 0.6 is 0 Å². The van der Waals surface area contributed by atoms with Crippen molar-refractivity contribution >= 4 is 11.6 Å². The molecule has 1 aromatic rings. The summed E-state index contributed by atoms with van der Waals surface area (Å²) < 4.78 is 0. The number of Topliss-reactive ketones (excluding diaryl/α,β-unsaturated/α-hetero) is 2. The van der Waals surface area contributed by atoms with Crippen molar-refractivity contribution in [2.24, 2.45) is 0 Å². The summed E-state index contributed by atoms with van der Waals surface area (Å²) in [5.41, 5.74) is 1.99. The molecule has 1 aliphatic carbocycles. The Bertz CT molecular complexity index is 441. The fourth-order valence-corrected chi connectivity index (χ4v) is 1.67. The summed E-state index contributed by atoms with van der Waals surface area (Å²) in [6.07, 6.45) is 2.39. The minimum absolute atomic E-state index is 0.139. The highest BCUT2D eigenvalue weighted by Gasteiger charge is 2.22. The molecule has 0 atom stereocenters. The van der Waals surface area contributed by atoms with Gasteiger partial charge in [-0.3, -0.25) is 9.59 Å². The molecule has 0 fully saturated rings. The number of allylic oxidation sites excluding steroid dienone is 2. The average molecular weight is 186 g/mol. The number of hydrogen-bond donors (Lipinski definition) is 0. The number of carbonyl (C=O) groups excluding carboxylic acids is 2. The predicted molar refractivity (Wildman–Crippen MR) is 53.2 cm³/mol. The van der Waals surface area contributed by atoms with Gasteiger partial charge in [-0.2, -0.15) is 0 Å². The first kappa shape index (κ1) is 8.88. The number of benzene rings is 1. The van der Waals surface area contributed by atoms with Crippen LogP contribution in [0.3, 0.4) is 0 Å². The largest absolute Gasteiger partial charge is 0.294 e. The quantitative estimate of drug-likeness (QED) is 0.628. The number of rotatable bonds is 1. The number of ketones is 2. The van der Waals surface area contributed by atoms with E-state index in [0.717, 1.165) is 5.56 Å². The highest BCUT2D eigenvalue weighted by atomic mass is 16.1. The number of carbonyl (C=O) groups is 2. The summed E-state index contributed by atoms with van der Waals surface area (Å²) >= 11 is 0. The van der Waals surface area contributed by atoms with E-state index in [0.29, 0.717) is 17.6 Å². The Morgan fingerprint density at radius 2 is 2.00 bits per heavy atom. The predicted octanol–water partition coefficient (Wildman–Crippen LogP) is 1.94. The zero-order valence-electron chi connectivity index (χ0n) is 7.91. The second-order valence-electron chi connectivity index (χ2n) is 3.36. The molecule has 0 saturated heterocycles. The molecule has 0 spiro atoms. The molecule has 0 heterocycles. The van der Waals surface area contributed by atoms with Crippen LogP contribution in [0.4, 0.5) is 0 Å². The third-order valence-electron chi connectivity index (χ3n) is 2.41. The number of hydrogen-bond acceptors (Lipinski definition) is 2. The van der Waals surface area contributed by atoms with E-state index in [1.807, 2.05) is 18.2 Å². The lowest BCUT2D eigenvalue weighted by Crippen LogP contribution is -2.16. The molecule has 70 valence electrons. The van der Waals surface area contributed by atoms with Crippen molar-refractivity contribution in [1.82, 2.24) is 0 Å². The second kappa shape index (κ2) is 3.22. The summed E-state index contributed by atoms with van der Waals surface area (Å²) in [5.74, 6) is -0.288. The molecule has 1 aromatic carbocycles. The van der Waals surface area contributed by atoms with Crippen molar-refractivity contribution in [2.45, 2.75) is 13.3 Å². The van der Waals surface area contributed by atoms with Crippen molar-refractivity contribution in [3.8, 4) is 0 Å². The Morgan fingerprint density at radius 1 is 1.29 bits per heavy atom. The van der Waals surface area contributed by atoms with Crippen LogP contribution in [0.25, 0.3) is 0 Å². The maximum atomic E-state index is 11.8. The van der Waals surface area contributed by atoms with Gasteiger partial charge >= 0.3 is 0 Å². The van der Waals surface area contributed by atoms with Crippen LogP contribution < -0.4 is 0 Å². The van der Waals surface area contributed by atoms with E-state index in [1.54, 1.807) is 12.1 Å². The van der Waals surface area contributed by atoms with Crippen LogP contribution in [-0.4, -0.2) is 11.6 Å². The first-order chi connectivity index (χ1) is 6.70. The maximum Gasteiger partial charge on any atom is 0.196 e. The summed E-state index contributed by atoms with van der Waals surface area (Å²) in [5, 5.41) is 0. The van der Waals surface area contributed by atoms with Crippen molar-refractivity contribution < 1.29 is 9.59 Å². The van der Waals surface area contributed by atoms with Gasteiger partial charge in [0.2, 0.25) is 0 Å². The van der Waals surface area contributed by atoms with E-state index in [-0.39, 0.29) is 11.6 Å². The van der Waals surface area contributed by atoms with E-state index in [4.69, 9.17) is 0 Å². The zero-order valence-corrected chi connectivity index (χ0v) is 7.91. The van der Waals surface area contributed by atoms with Gasteiger partial charge in [-0.25, -0.2) is 0 Å². The Balaban J connectivity index is 2.50. The Labute approximate surface area is 82.2 Å². The molecule has 2 nitrogen and oxygen atoms in total. The van der Waals surface area contributed by atoms with Gasteiger partial charge in [0.15, 0.2) is 11.6 Å². The SMILES string of the molecule is CC(=O)C1=CCc2ccccc2C1=O. The van der Waals surface area contributed by atoms with E-state index in [1.165, 1.54) is 6.92 Å². The molecule has 2 heteroatoms. The first-order valence-corrected chi connectivity index (χ1v) is 4.54. The van der Waals surface area contributed by atoms with Crippen molar-refractivity contribution in [3.63, 3.8) is 0 Å². The molecular weight excluding hydrogens is 176 g/mol. The summed E-state index contributed by atoms with van der Waals surface area (Å²) in [7, 11) is 0. The topological polar surface area (TPSA) is 34.1 Å². The van der Waals surface area contributed by atoms with Crippen LogP contribution in [0, 0.1) is 0 Å². The van der Waals surface area contributed by atoms with Crippen LogP contribution in [-0.2, 0) is 11.2 Å². The molecule has 1 aliphatic rings. The molecular formula is C12H10O2. The Kier molecular flexibility index (Phi) is 2.04. The van der Waals surface area contributed by atoms with Crippen LogP contribution in [0.5, 0.6) is 0 Å². The molecule has 14 heavy (non-hydrogen) atoms. The summed E-state index contributed by atoms with van der Waals surface area (Å²) in [4.78, 5) is 22.9. The molecule has 0 aliphatic heterocycles. The van der Waals surface area contributed by atoms with Gasteiger partial charge in [-0.1, -0.05) is 30.3 Å². The van der Waals surface area contributed by atoms with Gasteiger partial charge < -0.3 is 0 Å². The highest BCUT2D eigenvalue weighted by Crippen LogP contribution is 2.21. The van der Waals surface area contributed by atoms with Gasteiger partial charge in [-0.15, -0.1) is 0 Å². The lowest BCUT2D eigenvalue weighted by atomic mass is 9.89. The molecule has 2 rings (SSSR count). The second-order valence-corrected chi connectivity index (χ2v) is 3.36. The molecule has 0 radical (unpaired) electrons. The van der Waals surface area contributed by atoms with Crippen molar-refractivity contribution in [3.05, 3.63) is 47.0 Å². The minimum atomic E-state index is -0.149. The summed E-state index contributed by atoms with van der Waals surface area (Å²) in [6.45, 7) is 1.43. The van der Waals surface area contributed by atoms with Crippen molar-refractivity contribution in [1.29, 1.82) is 0 Å². The smallest absolute Gasteiger partial charge is 0.196 e. The Morgan fingerprint density at radius 3 is 2.71 bits per heavy atom. The first-order valence-electron chi connectivity index (χ1n) is 4.54. The Hall–Kier alpha value is -1.70. The monoisotopic (exact) mass is 186 g/mol. The third kappa shape index (κ3) is 1.29. The third-order valence-corrected chi connectivity index (χ3v) is 2.41. The van der Waals surface area contributed by atoms with E-state index in [2.05, 4.69) is 0 Å². The minimum Gasteiger partial charge on any atom is -0.294 e. The lowest BCUT2D eigenvalue weighted by molar-refractivity contribution is -0.113. The van der Waals surface area contributed by atoms with E-state index in [9.17, 15) is 9.59 Å². The summed E-state index contributed by atoms with van der Waals surface area (Å²) in [6, 6.07) is 7.41. The zero-order chi connectivity index (χ0) is 10.1. The molecule has 0 unspecified atom stereocenters. The fourth-order valence-electron chi connectivity index (χ4n) is 1.67. The fraction of sp³-hybridized carbons (Fsp3) is 0.167. The maximum absolute atomic E-state index is 11.8. The number of fused-ring (bicyclic) bond motifs is 1.